The van der Waals surface area contributed by atoms with Gasteiger partial charge in [0.2, 0.25) is 0 Å². The molecule has 3 amide bonds. The highest BCUT2D eigenvalue weighted by Crippen LogP contribution is 2.34. The first-order valence-corrected chi connectivity index (χ1v) is 10.6. The van der Waals surface area contributed by atoms with E-state index in [4.69, 9.17) is 0 Å². The normalized spacial score (nSPS) is 19.3. The largest absolute Gasteiger partial charge is 0.332 e. The van der Waals surface area contributed by atoms with Crippen molar-refractivity contribution >= 4 is 33.3 Å². The number of nitrogens with one attached hydrogen (secondary N) is 1. The quantitative estimate of drug-likeness (QED) is 0.801. The maximum atomic E-state index is 12.7. The van der Waals surface area contributed by atoms with E-state index in [-0.39, 0.29) is 16.8 Å². The molecule has 4 rings (SSSR count). The van der Waals surface area contributed by atoms with E-state index in [1.807, 2.05) is 6.92 Å². The van der Waals surface area contributed by atoms with Crippen LogP contribution in [0.4, 0.5) is 16.2 Å². The zero-order chi connectivity index (χ0) is 20.1. The second-order valence-electron chi connectivity index (χ2n) is 7.23. The number of aryl methyl sites for hydroxylation is 2. The molecule has 2 aliphatic rings. The van der Waals surface area contributed by atoms with Crippen molar-refractivity contribution in [3.8, 4) is 0 Å². The van der Waals surface area contributed by atoms with Crippen LogP contribution in [-0.4, -0.2) is 37.8 Å². The number of benzene rings is 2. The van der Waals surface area contributed by atoms with E-state index in [0.717, 1.165) is 17.5 Å². The van der Waals surface area contributed by atoms with Gasteiger partial charge in [0.05, 0.1) is 16.3 Å². The molecule has 1 unspecified atom stereocenters. The van der Waals surface area contributed by atoms with Crippen LogP contribution in [0.3, 0.4) is 0 Å². The maximum Gasteiger partial charge on any atom is 0.332 e. The number of rotatable bonds is 4. The van der Waals surface area contributed by atoms with Gasteiger partial charge in [-0.15, -0.1) is 0 Å². The Hall–Kier alpha value is -2.87. The fourth-order valence-electron chi connectivity index (χ4n) is 3.69. The van der Waals surface area contributed by atoms with Gasteiger partial charge in [0.25, 0.3) is 15.9 Å². The van der Waals surface area contributed by atoms with Crippen molar-refractivity contribution in [1.29, 1.82) is 0 Å². The zero-order valence-electron chi connectivity index (χ0n) is 15.7. The van der Waals surface area contributed by atoms with E-state index in [2.05, 4.69) is 4.72 Å². The zero-order valence-corrected chi connectivity index (χ0v) is 16.5. The molecule has 2 heterocycles. The molecule has 0 aliphatic carbocycles. The topological polar surface area (TPSA) is 86.8 Å². The molecule has 2 aromatic carbocycles. The number of amides is 3. The number of carbonyl (C=O) groups is 2. The molecule has 2 aliphatic heterocycles. The Morgan fingerprint density at radius 3 is 2.43 bits per heavy atom. The minimum atomic E-state index is -3.77. The minimum absolute atomic E-state index is 0.147. The summed E-state index contributed by atoms with van der Waals surface area (Å²) in [6, 6.07) is 10.6. The van der Waals surface area contributed by atoms with E-state index in [1.54, 1.807) is 42.2 Å². The number of anilines is 2. The summed E-state index contributed by atoms with van der Waals surface area (Å²) in [6.45, 7) is 4.24. The Morgan fingerprint density at radius 1 is 1.04 bits per heavy atom. The van der Waals surface area contributed by atoms with E-state index in [9.17, 15) is 18.0 Å². The van der Waals surface area contributed by atoms with Crippen molar-refractivity contribution in [3.63, 3.8) is 0 Å². The molecule has 0 aromatic heterocycles. The summed E-state index contributed by atoms with van der Waals surface area (Å²) in [6.07, 6.45) is 1.49. The summed E-state index contributed by atoms with van der Waals surface area (Å²) in [5.74, 6) is -0.246. The lowest BCUT2D eigenvalue weighted by molar-refractivity contribution is -0.119. The van der Waals surface area contributed by atoms with Crippen LogP contribution in [0, 0.1) is 13.8 Å². The molecular formula is C20H21N3O4S. The molecule has 0 radical (unpaired) electrons. The minimum Gasteiger partial charge on any atom is -0.312 e. The van der Waals surface area contributed by atoms with Crippen LogP contribution < -0.4 is 9.62 Å². The van der Waals surface area contributed by atoms with Crippen molar-refractivity contribution in [3.05, 3.63) is 53.6 Å². The number of hydrogen-bond donors (Lipinski definition) is 1. The fraction of sp³-hybridized carbons (Fsp3) is 0.300. The molecule has 2 saturated heterocycles. The van der Waals surface area contributed by atoms with Gasteiger partial charge in [0, 0.05) is 6.54 Å². The summed E-state index contributed by atoms with van der Waals surface area (Å²) >= 11 is 0. The Kier molecular flexibility index (Phi) is 4.38. The van der Waals surface area contributed by atoms with Gasteiger partial charge in [-0.05, 0) is 56.5 Å². The lowest BCUT2D eigenvalue weighted by Crippen LogP contribution is -2.33. The first kappa shape index (κ1) is 18.5. The van der Waals surface area contributed by atoms with Gasteiger partial charge in [0.15, 0.2) is 0 Å². The van der Waals surface area contributed by atoms with Crippen molar-refractivity contribution in [2.45, 2.75) is 37.6 Å². The van der Waals surface area contributed by atoms with E-state index in [0.29, 0.717) is 24.3 Å². The molecule has 28 heavy (non-hydrogen) atoms. The van der Waals surface area contributed by atoms with Gasteiger partial charge >= 0.3 is 6.03 Å². The second kappa shape index (κ2) is 6.63. The van der Waals surface area contributed by atoms with Gasteiger partial charge in [-0.2, -0.15) is 0 Å². The molecule has 2 fully saturated rings. The first-order chi connectivity index (χ1) is 13.3. The number of carbonyl (C=O) groups excluding carboxylic acids is 2. The Balaban J connectivity index is 1.65. The third kappa shape index (κ3) is 3.03. The van der Waals surface area contributed by atoms with Crippen LogP contribution in [0.1, 0.15) is 24.0 Å². The Morgan fingerprint density at radius 2 is 1.75 bits per heavy atom. The molecular weight excluding hydrogens is 378 g/mol. The van der Waals surface area contributed by atoms with E-state index < -0.39 is 16.1 Å². The number of sulfonamides is 1. The van der Waals surface area contributed by atoms with Crippen LogP contribution in [0.2, 0.25) is 0 Å². The first-order valence-electron chi connectivity index (χ1n) is 9.13. The molecule has 8 heteroatoms. The average Bonchev–Trinajstić information content (AvgIpc) is 3.21. The number of hydrogen-bond acceptors (Lipinski definition) is 4. The van der Waals surface area contributed by atoms with Gasteiger partial charge in [-0.25, -0.2) is 18.1 Å². The van der Waals surface area contributed by atoms with Gasteiger partial charge in [0.1, 0.15) is 6.04 Å². The lowest BCUT2D eigenvalue weighted by atomic mass is 10.1. The number of fused-ring (bicyclic) bond motifs is 1. The molecule has 2 aromatic rings. The van der Waals surface area contributed by atoms with Crippen LogP contribution in [0.5, 0.6) is 0 Å². The summed E-state index contributed by atoms with van der Waals surface area (Å²) in [5, 5.41) is 0. The lowest BCUT2D eigenvalue weighted by Gasteiger charge is -2.19. The predicted octanol–water partition coefficient (Wildman–Crippen LogP) is 3.04. The van der Waals surface area contributed by atoms with Crippen molar-refractivity contribution < 1.29 is 18.0 Å². The molecule has 1 atom stereocenters. The molecule has 1 N–H and O–H groups in total. The summed E-state index contributed by atoms with van der Waals surface area (Å²) in [5.41, 5.74) is 2.40. The maximum absolute atomic E-state index is 12.7. The SMILES string of the molecule is Cc1ccc(S(=O)(=O)Nc2ccc(C)c(N3C(=O)C4CCCN4C3=O)c2)cc1. The molecule has 0 saturated carbocycles. The van der Waals surface area contributed by atoms with Crippen molar-refractivity contribution in [2.75, 3.05) is 16.2 Å². The molecule has 0 spiro atoms. The highest BCUT2D eigenvalue weighted by Gasteiger charge is 2.48. The number of imide groups is 1. The standard InChI is InChI=1S/C20H21N3O4S/c1-13-5-9-16(10-6-13)28(26,27)21-15-8-7-14(2)18(12-15)23-19(24)17-4-3-11-22(17)20(23)25/h5-10,12,17,21H,3-4,11H2,1-2H3. The third-order valence-corrected chi connectivity index (χ3v) is 6.63. The molecule has 7 nitrogen and oxygen atoms in total. The summed E-state index contributed by atoms with van der Waals surface area (Å²) in [4.78, 5) is 28.3. The van der Waals surface area contributed by atoms with Crippen LogP contribution in [0.25, 0.3) is 0 Å². The fourth-order valence-corrected chi connectivity index (χ4v) is 4.74. The second-order valence-corrected chi connectivity index (χ2v) is 8.91. The number of urea groups is 1. The van der Waals surface area contributed by atoms with Crippen molar-refractivity contribution in [1.82, 2.24) is 4.90 Å². The van der Waals surface area contributed by atoms with E-state index >= 15 is 0 Å². The van der Waals surface area contributed by atoms with Crippen LogP contribution in [0.15, 0.2) is 47.4 Å². The summed E-state index contributed by atoms with van der Waals surface area (Å²) < 4.78 is 27.8. The Bertz CT molecular complexity index is 1040. The van der Waals surface area contributed by atoms with Gasteiger partial charge in [-0.1, -0.05) is 23.8 Å². The van der Waals surface area contributed by atoms with Crippen LogP contribution in [-0.2, 0) is 14.8 Å². The van der Waals surface area contributed by atoms with E-state index in [1.165, 1.54) is 17.0 Å². The summed E-state index contributed by atoms with van der Waals surface area (Å²) in [7, 11) is -3.77. The predicted molar refractivity (Wildman–Crippen MR) is 106 cm³/mol. The van der Waals surface area contributed by atoms with Gasteiger partial charge in [-0.3, -0.25) is 9.52 Å². The van der Waals surface area contributed by atoms with Gasteiger partial charge < -0.3 is 4.90 Å². The van der Waals surface area contributed by atoms with Crippen LogP contribution >= 0.6 is 0 Å². The smallest absolute Gasteiger partial charge is 0.312 e. The number of nitrogens with zero attached hydrogens (tertiary/aromatic N) is 2. The third-order valence-electron chi connectivity index (χ3n) is 5.23. The monoisotopic (exact) mass is 399 g/mol. The van der Waals surface area contributed by atoms with Crippen molar-refractivity contribution in [2.24, 2.45) is 0 Å². The Labute approximate surface area is 164 Å². The molecule has 146 valence electrons. The highest BCUT2D eigenvalue weighted by atomic mass is 32.2. The average molecular weight is 399 g/mol. The molecule has 0 bridgehead atoms. The highest BCUT2D eigenvalue weighted by molar-refractivity contribution is 7.92.